The minimum absolute atomic E-state index is 0.157. The zero-order valence-corrected chi connectivity index (χ0v) is 17.7. The summed E-state index contributed by atoms with van der Waals surface area (Å²) in [6.45, 7) is 4.61. The first-order valence-electron chi connectivity index (χ1n) is 10.3. The normalized spacial score (nSPS) is 11.3. The fraction of sp³-hybridized carbons (Fsp3) is 0.154. The molecule has 0 unspecified atom stereocenters. The Kier molecular flexibility index (Phi) is 5.85. The van der Waals surface area contributed by atoms with Gasteiger partial charge in [0.25, 0.3) is 0 Å². The number of rotatable bonds is 6. The summed E-state index contributed by atoms with van der Waals surface area (Å²) in [5.74, 6) is 0.0824. The molecule has 2 N–H and O–H groups in total. The van der Waals surface area contributed by atoms with Crippen LogP contribution in [0.25, 0.3) is 23.0 Å². The summed E-state index contributed by atoms with van der Waals surface area (Å²) in [5, 5.41) is 12.3. The second kappa shape index (κ2) is 8.88. The number of aromatic hydroxyl groups is 1. The van der Waals surface area contributed by atoms with Gasteiger partial charge in [0.2, 0.25) is 5.91 Å². The number of amides is 1. The first kappa shape index (κ1) is 20.4. The lowest BCUT2D eigenvalue weighted by Gasteiger charge is -2.04. The first-order valence-corrected chi connectivity index (χ1v) is 10.3. The monoisotopic (exact) mass is 411 g/mol. The van der Waals surface area contributed by atoms with Crippen molar-refractivity contribution in [3.05, 3.63) is 95.3 Å². The number of aromatic nitrogens is 2. The SMILES string of the molecule is Cc1ccc(-c2nc3cc(C)ccn3c2/C=C/C(=O)NCCc2ccc(O)cc2)cc1. The number of hydrogen-bond donors (Lipinski definition) is 2. The number of hydrogen-bond acceptors (Lipinski definition) is 3. The van der Waals surface area contributed by atoms with E-state index in [1.54, 1.807) is 18.2 Å². The molecule has 0 radical (unpaired) electrons. The third kappa shape index (κ3) is 4.83. The van der Waals surface area contributed by atoms with Crippen LogP contribution in [0.15, 0.2) is 72.9 Å². The zero-order chi connectivity index (χ0) is 21.8. The number of imidazole rings is 1. The van der Waals surface area contributed by atoms with Gasteiger partial charge in [0.05, 0.1) is 11.4 Å². The smallest absolute Gasteiger partial charge is 0.244 e. The predicted molar refractivity (Wildman–Crippen MR) is 124 cm³/mol. The molecular formula is C26H25N3O2. The van der Waals surface area contributed by atoms with Gasteiger partial charge in [-0.05, 0) is 61.7 Å². The average Bonchev–Trinajstić information content (AvgIpc) is 3.11. The van der Waals surface area contributed by atoms with Crippen LogP contribution in [0.2, 0.25) is 0 Å². The van der Waals surface area contributed by atoms with Crippen LogP contribution in [-0.4, -0.2) is 26.9 Å². The van der Waals surface area contributed by atoms with E-state index in [1.807, 2.05) is 47.9 Å². The number of carbonyl (C=O) groups excluding carboxylic acids is 1. The Morgan fingerprint density at radius 2 is 1.77 bits per heavy atom. The predicted octanol–water partition coefficient (Wildman–Crippen LogP) is 4.70. The highest BCUT2D eigenvalue weighted by atomic mass is 16.3. The quantitative estimate of drug-likeness (QED) is 0.452. The molecule has 4 aromatic rings. The topological polar surface area (TPSA) is 66.6 Å². The molecule has 5 nitrogen and oxygen atoms in total. The van der Waals surface area contributed by atoms with Gasteiger partial charge in [0.1, 0.15) is 11.4 Å². The second-order valence-electron chi connectivity index (χ2n) is 7.68. The number of phenolic OH excluding ortho intramolecular Hbond substituents is 1. The Labute approximate surface area is 181 Å². The minimum Gasteiger partial charge on any atom is -0.508 e. The van der Waals surface area contributed by atoms with Crippen molar-refractivity contribution < 1.29 is 9.90 Å². The molecule has 2 heterocycles. The molecule has 2 aromatic carbocycles. The molecule has 0 aliphatic carbocycles. The maximum Gasteiger partial charge on any atom is 0.244 e. The van der Waals surface area contributed by atoms with Crippen molar-refractivity contribution in [1.29, 1.82) is 0 Å². The van der Waals surface area contributed by atoms with Crippen molar-refractivity contribution in [2.75, 3.05) is 6.54 Å². The first-order chi connectivity index (χ1) is 15.0. The molecular weight excluding hydrogens is 386 g/mol. The van der Waals surface area contributed by atoms with Crippen molar-refractivity contribution in [1.82, 2.24) is 14.7 Å². The van der Waals surface area contributed by atoms with Crippen LogP contribution in [0.4, 0.5) is 0 Å². The Balaban J connectivity index is 1.54. The lowest BCUT2D eigenvalue weighted by Crippen LogP contribution is -2.23. The molecule has 0 fully saturated rings. The van der Waals surface area contributed by atoms with Crippen molar-refractivity contribution in [3.63, 3.8) is 0 Å². The Bertz CT molecular complexity index is 1240. The fourth-order valence-electron chi connectivity index (χ4n) is 3.45. The van der Waals surface area contributed by atoms with Gasteiger partial charge in [-0.2, -0.15) is 0 Å². The van der Waals surface area contributed by atoms with E-state index in [4.69, 9.17) is 4.98 Å². The van der Waals surface area contributed by atoms with Crippen LogP contribution in [0.1, 0.15) is 22.4 Å². The van der Waals surface area contributed by atoms with Crippen LogP contribution >= 0.6 is 0 Å². The lowest BCUT2D eigenvalue weighted by molar-refractivity contribution is -0.116. The number of carbonyl (C=O) groups is 1. The summed E-state index contributed by atoms with van der Waals surface area (Å²) >= 11 is 0. The van der Waals surface area contributed by atoms with E-state index in [2.05, 4.69) is 36.5 Å². The van der Waals surface area contributed by atoms with Gasteiger partial charge in [-0.25, -0.2) is 4.98 Å². The molecule has 1 amide bonds. The lowest BCUT2D eigenvalue weighted by atomic mass is 10.1. The van der Waals surface area contributed by atoms with Gasteiger partial charge in [-0.15, -0.1) is 0 Å². The van der Waals surface area contributed by atoms with Crippen molar-refractivity contribution in [2.45, 2.75) is 20.3 Å². The third-order valence-corrected chi connectivity index (χ3v) is 5.19. The fourth-order valence-corrected chi connectivity index (χ4v) is 3.45. The maximum atomic E-state index is 12.4. The van der Waals surface area contributed by atoms with Crippen LogP contribution in [-0.2, 0) is 11.2 Å². The highest BCUT2D eigenvalue weighted by molar-refractivity contribution is 5.92. The van der Waals surface area contributed by atoms with Gasteiger partial charge >= 0.3 is 0 Å². The van der Waals surface area contributed by atoms with Crippen LogP contribution in [0, 0.1) is 13.8 Å². The van der Waals surface area contributed by atoms with Gasteiger partial charge in [-0.3, -0.25) is 9.20 Å². The van der Waals surface area contributed by atoms with Crippen LogP contribution in [0.3, 0.4) is 0 Å². The zero-order valence-electron chi connectivity index (χ0n) is 17.7. The van der Waals surface area contributed by atoms with Crippen molar-refractivity contribution in [3.8, 4) is 17.0 Å². The molecule has 2 aromatic heterocycles. The van der Waals surface area contributed by atoms with E-state index < -0.39 is 0 Å². The Hall–Kier alpha value is -3.86. The number of nitrogens with zero attached hydrogens (tertiary/aromatic N) is 2. The number of nitrogens with one attached hydrogen (secondary N) is 1. The van der Waals surface area contributed by atoms with Gasteiger partial charge < -0.3 is 10.4 Å². The van der Waals surface area contributed by atoms with E-state index in [9.17, 15) is 9.90 Å². The molecule has 0 saturated heterocycles. The van der Waals surface area contributed by atoms with Crippen LogP contribution in [0.5, 0.6) is 5.75 Å². The molecule has 156 valence electrons. The summed E-state index contributed by atoms with van der Waals surface area (Å²) in [6.07, 6.45) is 6.05. The standard InChI is InChI=1S/C26H25N3O2/c1-18-3-7-21(8-4-18)26-23(29-16-14-19(2)17-24(29)28-26)11-12-25(31)27-15-13-20-5-9-22(30)10-6-20/h3-12,14,16-17,30H,13,15H2,1-2H3,(H,27,31)/b12-11+. The van der Waals surface area contributed by atoms with Crippen LogP contribution < -0.4 is 5.32 Å². The van der Waals surface area contributed by atoms with E-state index in [0.717, 1.165) is 33.7 Å². The van der Waals surface area contributed by atoms with Gasteiger partial charge in [0, 0.05) is 24.4 Å². The molecule has 0 aliphatic heterocycles. The number of aryl methyl sites for hydroxylation is 2. The van der Waals surface area contributed by atoms with Gasteiger partial charge in [-0.1, -0.05) is 42.0 Å². The summed E-state index contributed by atoms with van der Waals surface area (Å²) in [6, 6.07) is 19.3. The summed E-state index contributed by atoms with van der Waals surface area (Å²) in [7, 11) is 0. The van der Waals surface area contributed by atoms with E-state index in [0.29, 0.717) is 13.0 Å². The van der Waals surface area contributed by atoms with E-state index in [-0.39, 0.29) is 11.7 Å². The summed E-state index contributed by atoms with van der Waals surface area (Å²) in [5.41, 5.74) is 6.96. The van der Waals surface area contributed by atoms with Gasteiger partial charge in [0.15, 0.2) is 0 Å². The highest BCUT2D eigenvalue weighted by Crippen LogP contribution is 2.26. The number of phenols is 1. The molecule has 0 aliphatic rings. The second-order valence-corrected chi connectivity index (χ2v) is 7.68. The molecule has 0 bridgehead atoms. The number of benzene rings is 2. The van der Waals surface area contributed by atoms with Crippen molar-refractivity contribution in [2.24, 2.45) is 0 Å². The van der Waals surface area contributed by atoms with Crippen molar-refractivity contribution >= 4 is 17.6 Å². The summed E-state index contributed by atoms with van der Waals surface area (Å²) < 4.78 is 2.00. The van der Waals surface area contributed by atoms with E-state index in [1.165, 1.54) is 5.56 Å². The Morgan fingerprint density at radius 1 is 1.03 bits per heavy atom. The molecule has 4 rings (SSSR count). The van der Waals surface area contributed by atoms with E-state index >= 15 is 0 Å². The molecule has 5 heteroatoms. The molecule has 0 saturated carbocycles. The maximum absolute atomic E-state index is 12.4. The number of pyridine rings is 1. The third-order valence-electron chi connectivity index (χ3n) is 5.19. The Morgan fingerprint density at radius 3 is 2.52 bits per heavy atom. The number of fused-ring (bicyclic) bond motifs is 1. The largest absolute Gasteiger partial charge is 0.508 e. The molecule has 31 heavy (non-hydrogen) atoms. The highest BCUT2D eigenvalue weighted by Gasteiger charge is 2.12. The average molecular weight is 412 g/mol. The molecule has 0 atom stereocenters. The summed E-state index contributed by atoms with van der Waals surface area (Å²) in [4.78, 5) is 17.2. The molecule has 0 spiro atoms. The minimum atomic E-state index is -0.157.